The molecule has 2 atom stereocenters. The molecule has 2 aromatic carbocycles. The summed E-state index contributed by atoms with van der Waals surface area (Å²) in [5.74, 6) is 0.376. The number of aliphatic hydroxyl groups excluding tert-OH is 1. The number of rotatable bonds is 9. The number of nitrogens with zero attached hydrogens (tertiary/aromatic N) is 2. The number of benzene rings is 2. The lowest BCUT2D eigenvalue weighted by Gasteiger charge is -2.38. The molecule has 2 saturated heterocycles. The Bertz CT molecular complexity index is 1500. The maximum atomic E-state index is 13.2. The normalized spacial score (nSPS) is 21.2. The molecule has 2 aliphatic rings. The first-order chi connectivity index (χ1) is 18.0. The average Bonchev–Trinajstić information content (AvgIpc) is 3.53. The van der Waals surface area contributed by atoms with Crippen molar-refractivity contribution in [2.24, 2.45) is 0 Å². The van der Waals surface area contributed by atoms with E-state index in [0.29, 0.717) is 38.3 Å². The van der Waals surface area contributed by atoms with Crippen molar-refractivity contribution in [3.63, 3.8) is 0 Å². The third-order valence-electron chi connectivity index (χ3n) is 7.21. The van der Waals surface area contributed by atoms with Gasteiger partial charge in [-0.1, -0.05) is 6.07 Å². The topological polar surface area (TPSA) is 151 Å². The molecule has 13 heteroatoms. The van der Waals surface area contributed by atoms with Gasteiger partial charge in [-0.3, -0.25) is 5.10 Å². The van der Waals surface area contributed by atoms with Gasteiger partial charge >= 0.3 is 0 Å². The number of aliphatic hydroxyl groups is 1. The fraction of sp³-hybridized carbons (Fsp3) is 0.480. The Morgan fingerprint density at radius 2 is 1.97 bits per heavy atom. The van der Waals surface area contributed by atoms with Crippen LogP contribution in [0.25, 0.3) is 10.9 Å². The van der Waals surface area contributed by atoms with Crippen LogP contribution >= 0.6 is 0 Å². The van der Waals surface area contributed by atoms with Crippen molar-refractivity contribution in [3.05, 3.63) is 48.7 Å². The minimum Gasteiger partial charge on any atom is -0.491 e. The number of hydrogen-bond acceptors (Lipinski definition) is 9. The van der Waals surface area contributed by atoms with Crippen molar-refractivity contribution in [3.8, 4) is 5.75 Å². The largest absolute Gasteiger partial charge is 0.491 e. The predicted octanol–water partition coefficient (Wildman–Crippen LogP) is 1.31. The number of aromatic amines is 1. The number of piperidine rings is 1. The summed E-state index contributed by atoms with van der Waals surface area (Å²) in [5, 5.41) is 21.2. The SMILES string of the molecule is CS(=O)(=O)c1cccc(OC[C@@H](O)CNC2COC3(CCN(S(=O)(=O)c4ccc5[nH]ncc5c4)CC3)C2)c1. The summed E-state index contributed by atoms with van der Waals surface area (Å²) in [6.45, 7) is 1.53. The number of hydrogen-bond donors (Lipinski definition) is 3. The third-order valence-corrected chi connectivity index (χ3v) is 10.2. The summed E-state index contributed by atoms with van der Waals surface area (Å²) in [6.07, 6.45) is 3.87. The van der Waals surface area contributed by atoms with E-state index in [1.54, 1.807) is 36.5 Å². The van der Waals surface area contributed by atoms with E-state index in [4.69, 9.17) is 9.47 Å². The van der Waals surface area contributed by atoms with E-state index in [9.17, 15) is 21.9 Å². The molecular weight excluding hydrogens is 532 g/mol. The molecule has 1 unspecified atom stereocenters. The smallest absolute Gasteiger partial charge is 0.243 e. The van der Waals surface area contributed by atoms with E-state index in [1.165, 1.54) is 16.4 Å². The molecule has 3 aromatic rings. The molecule has 206 valence electrons. The molecule has 0 amide bonds. The van der Waals surface area contributed by atoms with Crippen molar-refractivity contribution in [1.29, 1.82) is 0 Å². The van der Waals surface area contributed by atoms with Gasteiger partial charge in [-0.2, -0.15) is 9.40 Å². The lowest BCUT2D eigenvalue weighted by Crippen LogP contribution is -2.47. The molecule has 0 saturated carbocycles. The van der Waals surface area contributed by atoms with Gasteiger partial charge in [-0.05, 0) is 55.7 Å². The Kier molecular flexibility index (Phi) is 7.50. The molecule has 11 nitrogen and oxygen atoms in total. The molecule has 2 aliphatic heterocycles. The lowest BCUT2D eigenvalue weighted by molar-refractivity contribution is -0.0312. The molecule has 38 heavy (non-hydrogen) atoms. The Labute approximate surface area is 222 Å². The maximum Gasteiger partial charge on any atom is 0.243 e. The van der Waals surface area contributed by atoms with Crippen molar-refractivity contribution in [2.75, 3.05) is 39.1 Å². The fourth-order valence-electron chi connectivity index (χ4n) is 5.04. The van der Waals surface area contributed by atoms with Gasteiger partial charge in [0.15, 0.2) is 9.84 Å². The quantitative estimate of drug-likeness (QED) is 0.349. The van der Waals surface area contributed by atoms with Crippen molar-refractivity contribution < 1.29 is 31.4 Å². The first-order valence-corrected chi connectivity index (χ1v) is 15.8. The number of sulfonamides is 1. The predicted molar refractivity (Wildman–Crippen MR) is 140 cm³/mol. The molecule has 5 rings (SSSR count). The van der Waals surface area contributed by atoms with E-state index >= 15 is 0 Å². The minimum atomic E-state index is -3.61. The summed E-state index contributed by atoms with van der Waals surface area (Å²) in [6, 6.07) is 11.2. The van der Waals surface area contributed by atoms with E-state index in [-0.39, 0.29) is 34.6 Å². The minimum absolute atomic E-state index is 0.0103. The number of fused-ring (bicyclic) bond motifs is 1. The number of sulfone groups is 1. The molecule has 1 aromatic heterocycles. The fourth-order valence-corrected chi connectivity index (χ4v) is 7.17. The van der Waals surface area contributed by atoms with Crippen LogP contribution in [0.5, 0.6) is 5.75 Å². The first-order valence-electron chi connectivity index (χ1n) is 12.5. The second-order valence-corrected chi connectivity index (χ2v) is 14.0. The van der Waals surface area contributed by atoms with Crippen LogP contribution in [0, 0.1) is 0 Å². The highest BCUT2D eigenvalue weighted by Crippen LogP contribution is 2.37. The zero-order chi connectivity index (χ0) is 27.0. The van der Waals surface area contributed by atoms with Gasteiger partial charge in [0.05, 0.1) is 33.7 Å². The monoisotopic (exact) mass is 564 g/mol. The van der Waals surface area contributed by atoms with Gasteiger partial charge in [-0.25, -0.2) is 16.8 Å². The highest BCUT2D eigenvalue weighted by molar-refractivity contribution is 7.90. The average molecular weight is 565 g/mol. The summed E-state index contributed by atoms with van der Waals surface area (Å²) >= 11 is 0. The van der Waals surface area contributed by atoms with Crippen LogP contribution in [0.3, 0.4) is 0 Å². The third kappa shape index (κ3) is 5.87. The summed E-state index contributed by atoms with van der Waals surface area (Å²) < 4.78 is 63.1. The Hall–Kier alpha value is -2.55. The van der Waals surface area contributed by atoms with Gasteiger partial charge in [0.25, 0.3) is 0 Å². The van der Waals surface area contributed by atoms with Gasteiger partial charge < -0.3 is 19.9 Å². The second kappa shape index (κ2) is 10.5. The number of ether oxygens (including phenoxy) is 2. The summed E-state index contributed by atoms with van der Waals surface area (Å²) in [4.78, 5) is 0.419. The Morgan fingerprint density at radius 3 is 2.74 bits per heavy atom. The zero-order valence-corrected chi connectivity index (χ0v) is 22.7. The number of H-pyrrole nitrogens is 1. The summed E-state index contributed by atoms with van der Waals surface area (Å²) in [7, 11) is -6.95. The lowest BCUT2D eigenvalue weighted by atomic mass is 9.88. The molecule has 0 aliphatic carbocycles. The molecule has 0 radical (unpaired) electrons. The highest BCUT2D eigenvalue weighted by atomic mass is 32.2. The molecule has 2 fully saturated rings. The van der Waals surface area contributed by atoms with Crippen LogP contribution in [0.1, 0.15) is 19.3 Å². The number of nitrogens with one attached hydrogen (secondary N) is 2. The van der Waals surface area contributed by atoms with Crippen LogP contribution < -0.4 is 10.1 Å². The molecule has 3 heterocycles. The standard InChI is InChI=1S/C25H32N4O7S2/c1-37(31,32)22-4-2-3-21(12-22)35-17-20(30)15-26-19-13-25(36-16-19)7-9-29(10-8-25)38(33,34)23-5-6-24-18(11-23)14-27-28-24/h2-6,11-12,14,19-20,26,30H,7-10,13,15-17H2,1H3,(H,27,28)/t19?,20-/m0/s1. The van der Waals surface area contributed by atoms with E-state index < -0.39 is 26.0 Å². The molecular formula is C25H32N4O7S2. The first kappa shape index (κ1) is 27.0. The Balaban J connectivity index is 1.09. The zero-order valence-electron chi connectivity index (χ0n) is 21.0. The van der Waals surface area contributed by atoms with Crippen LogP contribution in [0.4, 0.5) is 0 Å². The summed E-state index contributed by atoms with van der Waals surface area (Å²) in [5.41, 5.74) is 0.406. The van der Waals surface area contributed by atoms with Crippen molar-refractivity contribution in [1.82, 2.24) is 19.8 Å². The molecule has 1 spiro atoms. The van der Waals surface area contributed by atoms with Gasteiger partial charge in [0.1, 0.15) is 18.5 Å². The Morgan fingerprint density at radius 1 is 1.18 bits per heavy atom. The highest BCUT2D eigenvalue weighted by Gasteiger charge is 2.44. The van der Waals surface area contributed by atoms with E-state index in [2.05, 4.69) is 15.5 Å². The second-order valence-electron chi connectivity index (χ2n) is 10.0. The number of aromatic nitrogens is 2. The molecule has 0 bridgehead atoms. The van der Waals surface area contributed by atoms with Gasteiger partial charge in [0.2, 0.25) is 10.0 Å². The van der Waals surface area contributed by atoms with E-state index in [0.717, 1.165) is 23.6 Å². The van der Waals surface area contributed by atoms with Gasteiger partial charge in [0, 0.05) is 37.3 Å². The van der Waals surface area contributed by atoms with Crippen molar-refractivity contribution >= 4 is 30.8 Å². The van der Waals surface area contributed by atoms with Gasteiger partial charge in [-0.15, -0.1) is 0 Å². The van der Waals surface area contributed by atoms with Crippen molar-refractivity contribution in [2.45, 2.75) is 46.8 Å². The maximum absolute atomic E-state index is 13.2. The van der Waals surface area contributed by atoms with Crippen LogP contribution in [-0.4, -0.2) is 93.3 Å². The molecule has 3 N–H and O–H groups in total. The van der Waals surface area contributed by atoms with Crippen LogP contribution in [0.15, 0.2) is 58.5 Å². The van der Waals surface area contributed by atoms with E-state index in [1.807, 2.05) is 0 Å². The van der Waals surface area contributed by atoms with Crippen LogP contribution in [0.2, 0.25) is 0 Å². The van der Waals surface area contributed by atoms with Crippen LogP contribution in [-0.2, 0) is 24.6 Å².